The Labute approximate surface area is 144 Å². The molecular weight excluding hydrogens is 344 g/mol. The maximum absolute atomic E-state index is 12.2. The summed E-state index contributed by atoms with van der Waals surface area (Å²) < 4.78 is 26.9. The van der Waals surface area contributed by atoms with Crippen LogP contribution in [0.1, 0.15) is 33.6 Å². The molecule has 2 amide bonds. The van der Waals surface area contributed by atoms with Crippen molar-refractivity contribution in [2.45, 2.75) is 23.8 Å². The Morgan fingerprint density at radius 3 is 2.32 bits per heavy atom. The minimum atomic E-state index is -3.65. The zero-order valence-electron chi connectivity index (χ0n) is 13.1. The Bertz CT molecular complexity index is 895. The van der Waals surface area contributed by atoms with Crippen LogP contribution in [-0.4, -0.2) is 31.3 Å². The van der Waals surface area contributed by atoms with Crippen LogP contribution in [0, 0.1) is 0 Å². The van der Waals surface area contributed by atoms with E-state index in [2.05, 4.69) is 20.6 Å². The van der Waals surface area contributed by atoms with Crippen LogP contribution in [0.3, 0.4) is 0 Å². The van der Waals surface area contributed by atoms with Gasteiger partial charge in [0.05, 0.1) is 10.5 Å². The standard InChI is InChI=1S/C16H16N4O4S/c21-15(18-19-16(22)12-4-2-8-17-10-12)11-3-1-5-14(9-11)25(23,24)20-13-6-7-13/h1-5,8-10,13,20H,6-7H2,(H,18,21)(H,19,22). The second-order valence-corrected chi connectivity index (χ2v) is 7.29. The molecule has 130 valence electrons. The van der Waals surface area contributed by atoms with Crippen molar-refractivity contribution in [2.75, 3.05) is 0 Å². The van der Waals surface area contributed by atoms with E-state index in [1.165, 1.54) is 36.7 Å². The van der Waals surface area contributed by atoms with Crippen LogP contribution in [0.4, 0.5) is 0 Å². The molecule has 9 heteroatoms. The molecule has 1 fully saturated rings. The van der Waals surface area contributed by atoms with Crippen molar-refractivity contribution in [3.8, 4) is 0 Å². The van der Waals surface area contributed by atoms with Crippen molar-refractivity contribution >= 4 is 21.8 Å². The lowest BCUT2D eigenvalue weighted by Gasteiger charge is -2.09. The summed E-state index contributed by atoms with van der Waals surface area (Å²) in [5, 5.41) is 0. The van der Waals surface area contributed by atoms with Crippen LogP contribution in [0.25, 0.3) is 0 Å². The smallest absolute Gasteiger partial charge is 0.267 e. The van der Waals surface area contributed by atoms with Gasteiger partial charge in [0.1, 0.15) is 0 Å². The summed E-state index contributed by atoms with van der Waals surface area (Å²) in [6.07, 6.45) is 4.52. The molecule has 0 spiro atoms. The first-order valence-electron chi connectivity index (χ1n) is 7.59. The molecule has 8 nitrogen and oxygen atoms in total. The van der Waals surface area contributed by atoms with E-state index in [1.54, 1.807) is 12.1 Å². The van der Waals surface area contributed by atoms with E-state index in [-0.39, 0.29) is 22.1 Å². The van der Waals surface area contributed by atoms with Crippen molar-refractivity contribution in [1.82, 2.24) is 20.6 Å². The second-order valence-electron chi connectivity index (χ2n) is 5.57. The molecule has 2 aromatic rings. The molecule has 1 aromatic heterocycles. The van der Waals surface area contributed by atoms with E-state index in [9.17, 15) is 18.0 Å². The zero-order valence-corrected chi connectivity index (χ0v) is 13.9. The van der Waals surface area contributed by atoms with E-state index in [1.807, 2.05) is 0 Å². The van der Waals surface area contributed by atoms with Gasteiger partial charge in [-0.05, 0) is 43.2 Å². The monoisotopic (exact) mass is 360 g/mol. The molecule has 0 atom stereocenters. The molecular formula is C16H16N4O4S. The molecule has 0 radical (unpaired) electrons. The van der Waals surface area contributed by atoms with Crippen LogP contribution >= 0.6 is 0 Å². The van der Waals surface area contributed by atoms with Gasteiger partial charge in [-0.1, -0.05) is 6.07 Å². The van der Waals surface area contributed by atoms with Gasteiger partial charge in [0.15, 0.2) is 0 Å². The van der Waals surface area contributed by atoms with Gasteiger partial charge < -0.3 is 0 Å². The molecule has 1 saturated carbocycles. The Balaban J connectivity index is 1.66. The fraction of sp³-hybridized carbons (Fsp3) is 0.188. The number of hydrazine groups is 1. The average molecular weight is 360 g/mol. The van der Waals surface area contributed by atoms with Gasteiger partial charge in [0, 0.05) is 24.0 Å². The molecule has 3 rings (SSSR count). The molecule has 0 unspecified atom stereocenters. The van der Waals surface area contributed by atoms with E-state index < -0.39 is 21.8 Å². The first-order chi connectivity index (χ1) is 12.0. The predicted molar refractivity (Wildman–Crippen MR) is 89.0 cm³/mol. The first kappa shape index (κ1) is 17.1. The van der Waals surface area contributed by atoms with Crippen LogP contribution in [-0.2, 0) is 10.0 Å². The molecule has 1 heterocycles. The number of pyridine rings is 1. The maximum Gasteiger partial charge on any atom is 0.271 e. The summed E-state index contributed by atoms with van der Waals surface area (Å²) in [4.78, 5) is 27.8. The number of nitrogens with zero attached hydrogens (tertiary/aromatic N) is 1. The lowest BCUT2D eigenvalue weighted by atomic mass is 10.2. The number of amides is 2. The fourth-order valence-corrected chi connectivity index (χ4v) is 3.40. The highest BCUT2D eigenvalue weighted by atomic mass is 32.2. The number of hydrogen-bond acceptors (Lipinski definition) is 5. The zero-order chi connectivity index (χ0) is 17.9. The van der Waals surface area contributed by atoms with Crippen LogP contribution in [0.5, 0.6) is 0 Å². The summed E-state index contributed by atoms with van der Waals surface area (Å²) >= 11 is 0. The number of carbonyl (C=O) groups excluding carboxylic acids is 2. The summed E-state index contributed by atoms with van der Waals surface area (Å²) in [7, 11) is -3.65. The fourth-order valence-electron chi connectivity index (χ4n) is 2.05. The first-order valence-corrected chi connectivity index (χ1v) is 9.07. The number of aromatic nitrogens is 1. The number of nitrogens with one attached hydrogen (secondary N) is 3. The van der Waals surface area contributed by atoms with Gasteiger partial charge in [0.2, 0.25) is 10.0 Å². The molecule has 0 saturated heterocycles. The van der Waals surface area contributed by atoms with E-state index in [0.717, 1.165) is 12.8 Å². The van der Waals surface area contributed by atoms with Gasteiger partial charge in [-0.3, -0.25) is 25.4 Å². The molecule has 1 aliphatic carbocycles. The minimum absolute atomic E-state index is 0.00522. The third kappa shape index (κ3) is 4.40. The molecule has 1 aromatic carbocycles. The van der Waals surface area contributed by atoms with Gasteiger partial charge >= 0.3 is 0 Å². The van der Waals surface area contributed by atoms with E-state index >= 15 is 0 Å². The molecule has 25 heavy (non-hydrogen) atoms. The number of benzene rings is 1. The lowest BCUT2D eigenvalue weighted by molar-refractivity contribution is 0.0846. The van der Waals surface area contributed by atoms with Crippen molar-refractivity contribution in [2.24, 2.45) is 0 Å². The SMILES string of the molecule is O=C(NNC(=O)c1cccc(S(=O)(=O)NC2CC2)c1)c1cccnc1. The Kier molecular flexibility index (Phi) is 4.77. The van der Waals surface area contributed by atoms with Gasteiger partial charge in [-0.25, -0.2) is 13.1 Å². The van der Waals surface area contributed by atoms with E-state index in [0.29, 0.717) is 0 Å². The summed E-state index contributed by atoms with van der Waals surface area (Å²) in [5.74, 6) is -1.15. The molecule has 1 aliphatic rings. The van der Waals surface area contributed by atoms with Gasteiger partial charge in [-0.15, -0.1) is 0 Å². The Morgan fingerprint density at radius 2 is 1.68 bits per heavy atom. The maximum atomic E-state index is 12.2. The largest absolute Gasteiger partial charge is 0.271 e. The van der Waals surface area contributed by atoms with Crippen LogP contribution < -0.4 is 15.6 Å². The van der Waals surface area contributed by atoms with Crippen molar-refractivity contribution < 1.29 is 18.0 Å². The Morgan fingerprint density at radius 1 is 1.00 bits per heavy atom. The summed E-state index contributed by atoms with van der Waals surface area (Å²) in [6.45, 7) is 0. The number of rotatable bonds is 5. The van der Waals surface area contributed by atoms with Crippen molar-refractivity contribution in [1.29, 1.82) is 0 Å². The lowest BCUT2D eigenvalue weighted by Crippen LogP contribution is -2.41. The third-order valence-electron chi connectivity index (χ3n) is 3.52. The minimum Gasteiger partial charge on any atom is -0.267 e. The Hall–Kier alpha value is -2.78. The average Bonchev–Trinajstić information content (AvgIpc) is 3.43. The summed E-state index contributed by atoms with van der Waals surface area (Å²) in [6, 6.07) is 8.72. The van der Waals surface area contributed by atoms with Gasteiger partial charge in [-0.2, -0.15) is 0 Å². The molecule has 0 aliphatic heterocycles. The highest BCUT2D eigenvalue weighted by Gasteiger charge is 2.28. The second kappa shape index (κ2) is 6.99. The number of sulfonamides is 1. The highest BCUT2D eigenvalue weighted by Crippen LogP contribution is 2.22. The highest BCUT2D eigenvalue weighted by molar-refractivity contribution is 7.89. The molecule has 0 bridgehead atoms. The topological polar surface area (TPSA) is 117 Å². The summed E-state index contributed by atoms with van der Waals surface area (Å²) in [5.41, 5.74) is 4.90. The van der Waals surface area contributed by atoms with Crippen LogP contribution in [0.2, 0.25) is 0 Å². The van der Waals surface area contributed by atoms with Crippen molar-refractivity contribution in [3.05, 3.63) is 59.9 Å². The van der Waals surface area contributed by atoms with Gasteiger partial charge in [0.25, 0.3) is 11.8 Å². The number of hydrogen-bond donors (Lipinski definition) is 3. The molecule has 3 N–H and O–H groups in total. The van der Waals surface area contributed by atoms with Crippen molar-refractivity contribution in [3.63, 3.8) is 0 Å². The van der Waals surface area contributed by atoms with E-state index in [4.69, 9.17) is 0 Å². The normalized spacial score (nSPS) is 13.9. The quantitative estimate of drug-likeness (QED) is 0.675. The predicted octanol–water partition coefficient (Wildman–Crippen LogP) is 0.597. The number of carbonyl (C=O) groups is 2. The third-order valence-corrected chi connectivity index (χ3v) is 5.04. The van der Waals surface area contributed by atoms with Crippen LogP contribution in [0.15, 0.2) is 53.7 Å².